The lowest BCUT2D eigenvalue weighted by molar-refractivity contribution is 0.0988. The van der Waals surface area contributed by atoms with Crippen molar-refractivity contribution in [2.75, 3.05) is 36.5 Å². The number of carbonyl (C=O) groups excluding carboxylic acids is 1. The van der Waals surface area contributed by atoms with Crippen LogP contribution in [-0.4, -0.2) is 37.4 Å². The first kappa shape index (κ1) is 13.6. The van der Waals surface area contributed by atoms with Crippen LogP contribution in [0.4, 0.5) is 11.4 Å². The second kappa shape index (κ2) is 5.97. The summed E-state index contributed by atoms with van der Waals surface area (Å²) in [7, 11) is 0. The number of morpholine rings is 1. The van der Waals surface area contributed by atoms with Gasteiger partial charge in [0.05, 0.1) is 18.9 Å². The van der Waals surface area contributed by atoms with Gasteiger partial charge in [-0.3, -0.25) is 4.79 Å². The van der Waals surface area contributed by atoms with Crippen LogP contribution in [0.3, 0.4) is 0 Å². The van der Waals surface area contributed by atoms with E-state index in [0.717, 1.165) is 37.7 Å². The summed E-state index contributed by atoms with van der Waals surface area (Å²) in [6, 6.07) is 9.37. The Morgan fingerprint density at radius 3 is 2.81 bits per heavy atom. The molecule has 0 spiro atoms. The van der Waals surface area contributed by atoms with E-state index in [-0.39, 0.29) is 11.7 Å². The Hall–Kier alpha value is -2.34. The van der Waals surface area contributed by atoms with Gasteiger partial charge in [0, 0.05) is 30.5 Å². The van der Waals surface area contributed by atoms with E-state index < -0.39 is 0 Å². The third-order valence-electron chi connectivity index (χ3n) is 3.33. The SMILES string of the molecule is Cc1cc(C(=O)Nc2cccc(N3CCOCC3)c2)on1. The molecule has 0 saturated carbocycles. The van der Waals surface area contributed by atoms with Crippen molar-refractivity contribution in [3.8, 4) is 0 Å². The molecule has 6 heteroatoms. The molecule has 0 radical (unpaired) electrons. The fourth-order valence-electron chi connectivity index (χ4n) is 2.27. The second-order valence-corrected chi connectivity index (χ2v) is 4.94. The van der Waals surface area contributed by atoms with Crippen molar-refractivity contribution in [2.45, 2.75) is 6.92 Å². The van der Waals surface area contributed by atoms with Crippen LogP contribution in [0.25, 0.3) is 0 Å². The van der Waals surface area contributed by atoms with Gasteiger partial charge in [-0.25, -0.2) is 0 Å². The van der Waals surface area contributed by atoms with Crippen molar-refractivity contribution in [1.82, 2.24) is 5.16 Å². The summed E-state index contributed by atoms with van der Waals surface area (Å²) < 4.78 is 10.3. The molecule has 6 nitrogen and oxygen atoms in total. The molecule has 1 aromatic carbocycles. The highest BCUT2D eigenvalue weighted by Gasteiger charge is 2.14. The molecule has 3 rings (SSSR count). The summed E-state index contributed by atoms with van der Waals surface area (Å²) in [5.74, 6) is -0.0843. The molecule has 1 saturated heterocycles. The van der Waals surface area contributed by atoms with Gasteiger partial charge >= 0.3 is 0 Å². The number of anilines is 2. The van der Waals surface area contributed by atoms with Gasteiger partial charge in [0.25, 0.3) is 5.91 Å². The van der Waals surface area contributed by atoms with E-state index in [9.17, 15) is 4.79 Å². The van der Waals surface area contributed by atoms with Gasteiger partial charge in [0.15, 0.2) is 0 Å². The number of benzene rings is 1. The molecule has 1 N–H and O–H groups in total. The minimum atomic E-state index is -0.297. The maximum Gasteiger partial charge on any atom is 0.294 e. The van der Waals surface area contributed by atoms with Gasteiger partial charge < -0.3 is 19.5 Å². The minimum absolute atomic E-state index is 0.212. The van der Waals surface area contributed by atoms with Gasteiger partial charge in [-0.1, -0.05) is 11.2 Å². The maximum atomic E-state index is 12.0. The van der Waals surface area contributed by atoms with Crippen molar-refractivity contribution in [2.24, 2.45) is 0 Å². The van der Waals surface area contributed by atoms with Crippen molar-refractivity contribution in [3.63, 3.8) is 0 Å². The summed E-state index contributed by atoms with van der Waals surface area (Å²) in [4.78, 5) is 14.3. The number of carbonyl (C=O) groups is 1. The molecule has 0 aliphatic carbocycles. The van der Waals surface area contributed by atoms with Crippen molar-refractivity contribution < 1.29 is 14.1 Å². The topological polar surface area (TPSA) is 67.6 Å². The Balaban J connectivity index is 1.72. The zero-order chi connectivity index (χ0) is 14.7. The Kier molecular flexibility index (Phi) is 3.87. The van der Waals surface area contributed by atoms with E-state index in [4.69, 9.17) is 9.26 Å². The zero-order valence-electron chi connectivity index (χ0n) is 11.8. The van der Waals surface area contributed by atoms with E-state index in [1.54, 1.807) is 13.0 Å². The summed E-state index contributed by atoms with van der Waals surface area (Å²) in [6.45, 7) is 4.96. The number of hydrogen-bond donors (Lipinski definition) is 1. The average molecular weight is 287 g/mol. The van der Waals surface area contributed by atoms with Crippen molar-refractivity contribution in [3.05, 3.63) is 41.8 Å². The van der Waals surface area contributed by atoms with Crippen LogP contribution in [0.1, 0.15) is 16.2 Å². The lowest BCUT2D eigenvalue weighted by atomic mass is 10.2. The molecule has 1 fully saturated rings. The number of amides is 1. The van der Waals surface area contributed by atoms with E-state index in [0.29, 0.717) is 5.69 Å². The minimum Gasteiger partial charge on any atom is -0.378 e. The number of rotatable bonds is 3. The van der Waals surface area contributed by atoms with E-state index >= 15 is 0 Å². The van der Waals surface area contributed by atoms with Gasteiger partial charge in [-0.2, -0.15) is 0 Å². The molecule has 0 bridgehead atoms. The van der Waals surface area contributed by atoms with Gasteiger partial charge in [0.2, 0.25) is 5.76 Å². The number of ether oxygens (including phenoxy) is 1. The fourth-order valence-corrected chi connectivity index (χ4v) is 2.27. The normalized spacial score (nSPS) is 15.0. The van der Waals surface area contributed by atoms with Crippen LogP contribution in [0.5, 0.6) is 0 Å². The smallest absolute Gasteiger partial charge is 0.294 e. The molecule has 1 amide bonds. The number of nitrogens with zero attached hydrogens (tertiary/aromatic N) is 2. The lowest BCUT2D eigenvalue weighted by Crippen LogP contribution is -2.36. The first-order chi connectivity index (χ1) is 10.2. The average Bonchev–Trinajstić information content (AvgIpc) is 2.95. The monoisotopic (exact) mass is 287 g/mol. The first-order valence-electron chi connectivity index (χ1n) is 6.90. The number of nitrogens with one attached hydrogen (secondary N) is 1. The summed E-state index contributed by atoms with van der Waals surface area (Å²) in [5, 5.41) is 6.53. The van der Waals surface area contributed by atoms with Crippen molar-refractivity contribution in [1.29, 1.82) is 0 Å². The molecule has 1 aromatic heterocycles. The summed E-state index contributed by atoms with van der Waals surface area (Å²) in [6.07, 6.45) is 0. The third-order valence-corrected chi connectivity index (χ3v) is 3.33. The molecular weight excluding hydrogens is 270 g/mol. The van der Waals surface area contributed by atoms with Crippen LogP contribution in [-0.2, 0) is 4.74 Å². The molecule has 1 aliphatic heterocycles. The molecule has 2 aromatic rings. The third kappa shape index (κ3) is 3.22. The Bertz CT molecular complexity index is 633. The van der Waals surface area contributed by atoms with Crippen molar-refractivity contribution >= 4 is 17.3 Å². The highest BCUT2D eigenvalue weighted by molar-refractivity contribution is 6.02. The van der Waals surface area contributed by atoms with E-state index in [2.05, 4.69) is 15.4 Å². The molecular formula is C15H17N3O3. The predicted molar refractivity (Wildman–Crippen MR) is 78.7 cm³/mol. The number of aryl methyl sites for hydroxylation is 1. The lowest BCUT2D eigenvalue weighted by Gasteiger charge is -2.29. The highest BCUT2D eigenvalue weighted by atomic mass is 16.5. The Labute approximate surface area is 122 Å². The van der Waals surface area contributed by atoms with Gasteiger partial charge in [0.1, 0.15) is 0 Å². The first-order valence-corrected chi connectivity index (χ1v) is 6.90. The standard InChI is InChI=1S/C15H17N3O3/c1-11-9-14(21-17-11)15(19)16-12-3-2-4-13(10-12)18-5-7-20-8-6-18/h2-4,9-10H,5-8H2,1H3,(H,16,19). The van der Waals surface area contributed by atoms with E-state index in [1.807, 2.05) is 24.3 Å². The van der Waals surface area contributed by atoms with Crippen LogP contribution < -0.4 is 10.2 Å². The van der Waals surface area contributed by atoms with Crippen LogP contribution in [0.15, 0.2) is 34.9 Å². The maximum absolute atomic E-state index is 12.0. The van der Waals surface area contributed by atoms with Crippen LogP contribution >= 0.6 is 0 Å². The molecule has 21 heavy (non-hydrogen) atoms. The second-order valence-electron chi connectivity index (χ2n) is 4.94. The zero-order valence-corrected chi connectivity index (χ0v) is 11.8. The fraction of sp³-hybridized carbons (Fsp3) is 0.333. The number of hydrogen-bond acceptors (Lipinski definition) is 5. The summed E-state index contributed by atoms with van der Waals surface area (Å²) >= 11 is 0. The Morgan fingerprint density at radius 2 is 2.10 bits per heavy atom. The van der Waals surface area contributed by atoms with E-state index in [1.165, 1.54) is 0 Å². The molecule has 0 atom stereocenters. The largest absolute Gasteiger partial charge is 0.378 e. The highest BCUT2D eigenvalue weighted by Crippen LogP contribution is 2.21. The summed E-state index contributed by atoms with van der Waals surface area (Å²) in [5.41, 5.74) is 2.49. The molecule has 1 aliphatic rings. The molecule has 110 valence electrons. The van der Waals surface area contributed by atoms with Crippen LogP contribution in [0, 0.1) is 6.92 Å². The van der Waals surface area contributed by atoms with Gasteiger partial charge in [-0.05, 0) is 25.1 Å². The quantitative estimate of drug-likeness (QED) is 0.936. The van der Waals surface area contributed by atoms with Gasteiger partial charge in [-0.15, -0.1) is 0 Å². The number of aromatic nitrogens is 1. The molecule has 2 heterocycles. The predicted octanol–water partition coefficient (Wildman–Crippen LogP) is 2.07. The molecule has 0 unspecified atom stereocenters. The Morgan fingerprint density at radius 1 is 1.29 bits per heavy atom. The van der Waals surface area contributed by atoms with Crippen LogP contribution in [0.2, 0.25) is 0 Å².